The Balaban J connectivity index is 1.91. The molecule has 0 aromatic heterocycles. The highest BCUT2D eigenvalue weighted by atomic mass is 16.5. The molecule has 0 bridgehead atoms. The predicted octanol–water partition coefficient (Wildman–Crippen LogP) is 3.78. The zero-order valence-corrected chi connectivity index (χ0v) is 11.5. The molecule has 0 N–H and O–H groups in total. The first-order chi connectivity index (χ1) is 8.79. The number of fused-ring (bicyclic) bond motifs is 1. The van der Waals surface area contributed by atoms with Crippen molar-refractivity contribution in [3.8, 4) is 5.75 Å². The van der Waals surface area contributed by atoms with Crippen LogP contribution in [0.2, 0.25) is 0 Å². The van der Waals surface area contributed by atoms with Crippen molar-refractivity contribution in [2.24, 2.45) is 0 Å². The van der Waals surface area contributed by atoms with Crippen LogP contribution in [0.15, 0.2) is 18.2 Å². The molecule has 3 rings (SSSR count). The molecule has 1 aromatic carbocycles. The molecule has 1 atom stereocenters. The Hall–Kier alpha value is -1.18. The van der Waals surface area contributed by atoms with Gasteiger partial charge in [0.15, 0.2) is 0 Å². The van der Waals surface area contributed by atoms with Gasteiger partial charge in [-0.3, -0.25) is 0 Å². The number of ether oxygens (including phenoxy) is 1. The van der Waals surface area contributed by atoms with Crippen molar-refractivity contribution in [1.82, 2.24) is 0 Å². The van der Waals surface area contributed by atoms with E-state index in [9.17, 15) is 0 Å². The summed E-state index contributed by atoms with van der Waals surface area (Å²) in [4.78, 5) is 2.66. The van der Waals surface area contributed by atoms with Gasteiger partial charge in [-0.15, -0.1) is 0 Å². The highest BCUT2D eigenvalue weighted by Crippen LogP contribution is 2.39. The van der Waals surface area contributed by atoms with Gasteiger partial charge in [-0.2, -0.15) is 0 Å². The fourth-order valence-electron chi connectivity index (χ4n) is 3.65. The zero-order valence-electron chi connectivity index (χ0n) is 11.5. The Kier molecular flexibility index (Phi) is 3.19. The van der Waals surface area contributed by atoms with Gasteiger partial charge in [-0.05, 0) is 37.8 Å². The molecule has 1 aromatic rings. The Morgan fingerprint density at radius 2 is 1.94 bits per heavy atom. The van der Waals surface area contributed by atoms with Crippen molar-refractivity contribution in [1.29, 1.82) is 0 Å². The molecule has 1 heterocycles. The highest BCUT2D eigenvalue weighted by molar-refractivity contribution is 5.62. The summed E-state index contributed by atoms with van der Waals surface area (Å²) in [5, 5.41) is 0. The van der Waals surface area contributed by atoms with Gasteiger partial charge < -0.3 is 9.64 Å². The van der Waals surface area contributed by atoms with Crippen molar-refractivity contribution in [3.05, 3.63) is 23.8 Å². The summed E-state index contributed by atoms with van der Waals surface area (Å²) in [6, 6.07) is 7.97. The lowest BCUT2D eigenvalue weighted by Crippen LogP contribution is -2.40. The van der Waals surface area contributed by atoms with E-state index in [0.717, 1.165) is 11.8 Å². The SMILES string of the molecule is COc1ccc2c(c1)N(C1CCCCC1)C(C)C2. The van der Waals surface area contributed by atoms with E-state index in [1.165, 1.54) is 49.8 Å². The van der Waals surface area contributed by atoms with Crippen molar-refractivity contribution < 1.29 is 4.74 Å². The molecule has 18 heavy (non-hydrogen) atoms. The van der Waals surface area contributed by atoms with E-state index in [4.69, 9.17) is 4.74 Å². The molecule has 1 saturated carbocycles. The van der Waals surface area contributed by atoms with E-state index in [1.807, 2.05) is 0 Å². The third kappa shape index (κ3) is 1.98. The summed E-state index contributed by atoms with van der Waals surface area (Å²) in [6.45, 7) is 2.36. The standard InChI is InChI=1S/C16H23NO/c1-12-10-13-8-9-15(18-2)11-16(13)17(12)14-6-4-3-5-7-14/h8-9,11-12,14H,3-7,10H2,1-2H3. The molecule has 1 aliphatic heterocycles. The van der Waals surface area contributed by atoms with Crippen LogP contribution in [-0.2, 0) is 6.42 Å². The van der Waals surface area contributed by atoms with E-state index in [-0.39, 0.29) is 0 Å². The number of rotatable bonds is 2. The maximum absolute atomic E-state index is 5.38. The fraction of sp³-hybridized carbons (Fsp3) is 0.625. The lowest BCUT2D eigenvalue weighted by molar-refractivity contribution is 0.398. The average Bonchev–Trinajstić information content (AvgIpc) is 2.74. The van der Waals surface area contributed by atoms with Crippen LogP contribution in [0.3, 0.4) is 0 Å². The number of anilines is 1. The fourth-order valence-corrected chi connectivity index (χ4v) is 3.65. The van der Waals surface area contributed by atoms with Crippen LogP contribution in [0.4, 0.5) is 5.69 Å². The van der Waals surface area contributed by atoms with Gasteiger partial charge in [0.1, 0.15) is 5.75 Å². The molecule has 2 aliphatic rings. The van der Waals surface area contributed by atoms with Crippen LogP contribution in [0.5, 0.6) is 5.75 Å². The van der Waals surface area contributed by atoms with Crippen LogP contribution in [0, 0.1) is 0 Å². The monoisotopic (exact) mass is 245 g/mol. The van der Waals surface area contributed by atoms with Crippen LogP contribution in [0.1, 0.15) is 44.6 Å². The highest BCUT2D eigenvalue weighted by Gasteiger charge is 2.32. The molecule has 1 fully saturated rings. The van der Waals surface area contributed by atoms with Crippen molar-refractivity contribution in [2.75, 3.05) is 12.0 Å². The third-order valence-corrected chi connectivity index (χ3v) is 4.53. The van der Waals surface area contributed by atoms with E-state index < -0.39 is 0 Å². The summed E-state index contributed by atoms with van der Waals surface area (Å²) in [6.07, 6.45) is 8.13. The first-order valence-corrected chi connectivity index (χ1v) is 7.25. The van der Waals surface area contributed by atoms with Gasteiger partial charge in [0, 0.05) is 23.8 Å². The second kappa shape index (κ2) is 4.83. The Morgan fingerprint density at radius 1 is 1.17 bits per heavy atom. The second-order valence-electron chi connectivity index (χ2n) is 5.75. The van der Waals surface area contributed by atoms with Gasteiger partial charge in [-0.25, -0.2) is 0 Å². The smallest absolute Gasteiger partial charge is 0.120 e. The molecule has 1 unspecified atom stereocenters. The quantitative estimate of drug-likeness (QED) is 0.786. The minimum absolute atomic E-state index is 0.648. The Bertz CT molecular complexity index is 423. The molecule has 98 valence electrons. The molecule has 0 radical (unpaired) electrons. The van der Waals surface area contributed by atoms with Crippen LogP contribution in [0.25, 0.3) is 0 Å². The number of hydrogen-bond donors (Lipinski definition) is 0. The van der Waals surface area contributed by atoms with Gasteiger partial charge in [0.25, 0.3) is 0 Å². The minimum Gasteiger partial charge on any atom is -0.497 e. The summed E-state index contributed by atoms with van der Waals surface area (Å²) in [5.41, 5.74) is 2.92. The summed E-state index contributed by atoms with van der Waals surface area (Å²) in [7, 11) is 1.76. The molecule has 0 saturated heterocycles. The molecule has 0 spiro atoms. The zero-order chi connectivity index (χ0) is 12.5. The number of methoxy groups -OCH3 is 1. The number of nitrogens with zero attached hydrogens (tertiary/aromatic N) is 1. The molecule has 1 aliphatic carbocycles. The van der Waals surface area contributed by atoms with Gasteiger partial charge in [-0.1, -0.05) is 25.3 Å². The first-order valence-electron chi connectivity index (χ1n) is 7.25. The number of benzene rings is 1. The lowest BCUT2D eigenvalue weighted by Gasteiger charge is -2.36. The first kappa shape index (κ1) is 11.9. The van der Waals surface area contributed by atoms with E-state index in [1.54, 1.807) is 7.11 Å². The lowest BCUT2D eigenvalue weighted by atomic mass is 9.93. The van der Waals surface area contributed by atoms with Gasteiger partial charge in [0.2, 0.25) is 0 Å². The second-order valence-corrected chi connectivity index (χ2v) is 5.75. The van der Waals surface area contributed by atoms with Crippen molar-refractivity contribution in [3.63, 3.8) is 0 Å². The van der Waals surface area contributed by atoms with Crippen molar-refractivity contribution in [2.45, 2.75) is 57.5 Å². The summed E-state index contributed by atoms with van der Waals surface area (Å²) >= 11 is 0. The largest absolute Gasteiger partial charge is 0.497 e. The van der Waals surface area contributed by atoms with E-state index in [0.29, 0.717) is 6.04 Å². The molecule has 2 nitrogen and oxygen atoms in total. The van der Waals surface area contributed by atoms with Crippen LogP contribution < -0.4 is 9.64 Å². The van der Waals surface area contributed by atoms with Crippen LogP contribution in [-0.4, -0.2) is 19.2 Å². The Labute approximate surface area is 110 Å². The maximum Gasteiger partial charge on any atom is 0.120 e. The predicted molar refractivity (Wildman–Crippen MR) is 75.5 cm³/mol. The third-order valence-electron chi connectivity index (χ3n) is 4.53. The van der Waals surface area contributed by atoms with Gasteiger partial charge in [0.05, 0.1) is 7.11 Å². The Morgan fingerprint density at radius 3 is 2.67 bits per heavy atom. The van der Waals surface area contributed by atoms with Crippen molar-refractivity contribution >= 4 is 5.69 Å². The molecular formula is C16H23NO. The summed E-state index contributed by atoms with van der Waals surface area (Å²) < 4.78 is 5.38. The average molecular weight is 245 g/mol. The molecule has 2 heteroatoms. The topological polar surface area (TPSA) is 12.5 Å². The molecule has 0 amide bonds. The molecular weight excluding hydrogens is 222 g/mol. The van der Waals surface area contributed by atoms with E-state index in [2.05, 4.69) is 30.0 Å². The van der Waals surface area contributed by atoms with Gasteiger partial charge >= 0.3 is 0 Å². The maximum atomic E-state index is 5.38. The minimum atomic E-state index is 0.648. The number of hydrogen-bond acceptors (Lipinski definition) is 2. The normalized spacial score (nSPS) is 24.1. The van der Waals surface area contributed by atoms with E-state index >= 15 is 0 Å². The van der Waals surface area contributed by atoms with Crippen LogP contribution >= 0.6 is 0 Å². The summed E-state index contributed by atoms with van der Waals surface area (Å²) in [5.74, 6) is 0.989.